The fraction of sp³-hybridized carbons (Fsp3) is 0.462. The van der Waals surface area contributed by atoms with Gasteiger partial charge in [-0.1, -0.05) is 12.1 Å². The summed E-state index contributed by atoms with van der Waals surface area (Å²) in [6, 6.07) is 6.51. The van der Waals surface area contributed by atoms with E-state index in [9.17, 15) is 9.18 Å². The maximum absolute atomic E-state index is 13.3. The standard InChI is InChI=1S/C13H14FNO2S/c14-11-3-1-2-4-12(11)17-7-13(16)15-6-10-5-9(15)8-18-10/h1-4,9-10H,5-8H2. The van der Waals surface area contributed by atoms with Gasteiger partial charge < -0.3 is 9.64 Å². The molecule has 96 valence electrons. The van der Waals surface area contributed by atoms with E-state index >= 15 is 0 Å². The second-order valence-corrected chi connectivity index (χ2v) is 5.94. The lowest BCUT2D eigenvalue weighted by Gasteiger charge is -2.26. The fourth-order valence-electron chi connectivity index (χ4n) is 2.49. The summed E-state index contributed by atoms with van der Waals surface area (Å²) in [7, 11) is 0. The van der Waals surface area contributed by atoms with Gasteiger partial charge in [0, 0.05) is 23.6 Å². The van der Waals surface area contributed by atoms with Crippen LogP contribution in [-0.2, 0) is 4.79 Å². The molecule has 0 N–H and O–H groups in total. The number of hydrogen-bond donors (Lipinski definition) is 0. The molecule has 0 radical (unpaired) electrons. The van der Waals surface area contributed by atoms with Crippen molar-refractivity contribution in [3.05, 3.63) is 30.1 Å². The van der Waals surface area contributed by atoms with Crippen molar-refractivity contribution < 1.29 is 13.9 Å². The van der Waals surface area contributed by atoms with Gasteiger partial charge in [0.05, 0.1) is 0 Å². The van der Waals surface area contributed by atoms with E-state index in [2.05, 4.69) is 0 Å². The minimum Gasteiger partial charge on any atom is -0.481 e. The van der Waals surface area contributed by atoms with Gasteiger partial charge in [-0.15, -0.1) is 0 Å². The molecule has 3 nitrogen and oxygen atoms in total. The molecule has 1 amide bonds. The van der Waals surface area contributed by atoms with Crippen LogP contribution in [0.5, 0.6) is 5.75 Å². The van der Waals surface area contributed by atoms with Crippen LogP contribution >= 0.6 is 11.8 Å². The smallest absolute Gasteiger partial charge is 0.260 e. The van der Waals surface area contributed by atoms with Crippen LogP contribution in [0.4, 0.5) is 4.39 Å². The summed E-state index contributed by atoms with van der Waals surface area (Å²) in [5.41, 5.74) is 0. The van der Waals surface area contributed by atoms with Gasteiger partial charge >= 0.3 is 0 Å². The predicted octanol–water partition coefficient (Wildman–Crippen LogP) is 1.92. The van der Waals surface area contributed by atoms with Crippen LogP contribution in [0.3, 0.4) is 0 Å². The van der Waals surface area contributed by atoms with Gasteiger partial charge in [-0.3, -0.25) is 4.79 Å². The third-order valence-corrected chi connectivity index (χ3v) is 4.80. The molecule has 2 unspecified atom stereocenters. The van der Waals surface area contributed by atoms with E-state index in [1.807, 2.05) is 16.7 Å². The second kappa shape index (κ2) is 4.80. The molecule has 2 heterocycles. The molecule has 0 saturated carbocycles. The van der Waals surface area contributed by atoms with Crippen LogP contribution in [0.15, 0.2) is 24.3 Å². The molecule has 2 aliphatic heterocycles. The van der Waals surface area contributed by atoms with Crippen LogP contribution in [0, 0.1) is 5.82 Å². The highest BCUT2D eigenvalue weighted by molar-refractivity contribution is 8.00. The Labute approximate surface area is 109 Å². The number of halogens is 1. The molecule has 0 aromatic heterocycles. The van der Waals surface area contributed by atoms with Crippen LogP contribution in [0.1, 0.15) is 6.42 Å². The number of carbonyl (C=O) groups excluding carboxylic acids is 1. The molecule has 2 atom stereocenters. The maximum atomic E-state index is 13.3. The molecule has 2 saturated heterocycles. The number of carbonyl (C=O) groups is 1. The van der Waals surface area contributed by atoms with Gasteiger partial charge in [0.15, 0.2) is 18.2 Å². The molecule has 3 rings (SSSR count). The highest BCUT2D eigenvalue weighted by atomic mass is 32.2. The summed E-state index contributed by atoms with van der Waals surface area (Å²) >= 11 is 1.94. The van der Waals surface area contributed by atoms with E-state index in [1.165, 1.54) is 12.1 Å². The van der Waals surface area contributed by atoms with Crippen molar-refractivity contribution in [1.29, 1.82) is 0 Å². The number of amides is 1. The molecule has 2 aliphatic rings. The largest absolute Gasteiger partial charge is 0.481 e. The molecular formula is C13H14FNO2S. The van der Waals surface area contributed by atoms with Gasteiger partial charge in [-0.25, -0.2) is 4.39 Å². The molecule has 5 heteroatoms. The Morgan fingerprint density at radius 1 is 1.50 bits per heavy atom. The van der Waals surface area contributed by atoms with Crippen LogP contribution in [-0.4, -0.2) is 41.0 Å². The molecule has 0 aliphatic carbocycles. The first-order valence-electron chi connectivity index (χ1n) is 6.02. The zero-order valence-electron chi connectivity index (χ0n) is 9.84. The monoisotopic (exact) mass is 267 g/mol. The number of para-hydroxylation sites is 1. The van der Waals surface area contributed by atoms with E-state index in [0.717, 1.165) is 18.7 Å². The van der Waals surface area contributed by atoms with Crippen LogP contribution in [0.25, 0.3) is 0 Å². The minimum absolute atomic E-state index is 0.0361. The summed E-state index contributed by atoms with van der Waals surface area (Å²) < 4.78 is 18.6. The van der Waals surface area contributed by atoms with Crippen molar-refractivity contribution in [2.24, 2.45) is 0 Å². The van der Waals surface area contributed by atoms with Crippen molar-refractivity contribution in [2.75, 3.05) is 18.9 Å². The molecule has 1 aromatic carbocycles. The summed E-state index contributed by atoms with van der Waals surface area (Å²) in [5, 5.41) is 0.590. The highest BCUT2D eigenvalue weighted by Crippen LogP contribution is 2.37. The highest BCUT2D eigenvalue weighted by Gasteiger charge is 2.40. The number of thioether (sulfide) groups is 1. The summed E-state index contributed by atoms with van der Waals surface area (Å²) in [5.74, 6) is 0.704. The lowest BCUT2D eigenvalue weighted by Crippen LogP contribution is -2.41. The molecule has 2 bridgehead atoms. The summed E-state index contributed by atoms with van der Waals surface area (Å²) in [6.45, 7) is 0.740. The summed E-state index contributed by atoms with van der Waals surface area (Å²) in [6.07, 6.45) is 1.09. The van der Waals surface area contributed by atoms with Gasteiger partial charge in [0.25, 0.3) is 5.91 Å². The first-order valence-corrected chi connectivity index (χ1v) is 7.07. The lowest BCUT2D eigenvalue weighted by atomic mass is 10.2. The molecule has 0 spiro atoms. The second-order valence-electron chi connectivity index (χ2n) is 4.61. The third kappa shape index (κ3) is 2.19. The zero-order valence-corrected chi connectivity index (χ0v) is 10.7. The molecular weight excluding hydrogens is 253 g/mol. The number of fused-ring (bicyclic) bond motifs is 2. The van der Waals surface area contributed by atoms with Crippen molar-refractivity contribution >= 4 is 17.7 Å². The topological polar surface area (TPSA) is 29.5 Å². The Morgan fingerprint density at radius 3 is 3.00 bits per heavy atom. The van der Waals surface area contributed by atoms with E-state index < -0.39 is 5.82 Å². The summed E-state index contributed by atoms with van der Waals surface area (Å²) in [4.78, 5) is 13.9. The Hall–Kier alpha value is -1.23. The van der Waals surface area contributed by atoms with Crippen LogP contribution < -0.4 is 4.74 Å². The molecule has 18 heavy (non-hydrogen) atoms. The van der Waals surface area contributed by atoms with Gasteiger partial charge in [-0.05, 0) is 18.6 Å². The number of ether oxygens (including phenoxy) is 1. The van der Waals surface area contributed by atoms with Crippen molar-refractivity contribution in [3.8, 4) is 5.75 Å². The fourth-order valence-corrected chi connectivity index (χ4v) is 3.92. The van der Waals surface area contributed by atoms with Crippen molar-refractivity contribution in [2.45, 2.75) is 17.7 Å². The maximum Gasteiger partial charge on any atom is 0.260 e. The molecule has 1 aromatic rings. The quantitative estimate of drug-likeness (QED) is 0.838. The SMILES string of the molecule is O=C(COc1ccccc1F)N1CC2CC1CS2. The van der Waals surface area contributed by atoms with Crippen LogP contribution in [0.2, 0.25) is 0 Å². The van der Waals surface area contributed by atoms with E-state index in [-0.39, 0.29) is 18.3 Å². The Morgan fingerprint density at radius 2 is 2.33 bits per heavy atom. The van der Waals surface area contributed by atoms with E-state index in [1.54, 1.807) is 12.1 Å². The number of benzene rings is 1. The van der Waals surface area contributed by atoms with Gasteiger partial charge in [0.2, 0.25) is 0 Å². The van der Waals surface area contributed by atoms with Gasteiger partial charge in [0.1, 0.15) is 0 Å². The first kappa shape index (κ1) is 11.8. The van der Waals surface area contributed by atoms with Crippen molar-refractivity contribution in [3.63, 3.8) is 0 Å². The number of rotatable bonds is 3. The average Bonchev–Trinajstić information content (AvgIpc) is 2.99. The minimum atomic E-state index is -0.427. The number of nitrogens with zero attached hydrogens (tertiary/aromatic N) is 1. The van der Waals surface area contributed by atoms with Gasteiger partial charge in [-0.2, -0.15) is 11.8 Å². The van der Waals surface area contributed by atoms with E-state index in [0.29, 0.717) is 11.3 Å². The predicted molar refractivity (Wildman–Crippen MR) is 68.3 cm³/mol. The zero-order chi connectivity index (χ0) is 12.5. The Bertz CT molecular complexity index is 468. The Kier molecular flexibility index (Phi) is 3.16. The van der Waals surface area contributed by atoms with E-state index in [4.69, 9.17) is 4.74 Å². The normalized spacial score (nSPS) is 25.5. The number of likely N-dealkylation sites (tertiary alicyclic amines) is 1. The average molecular weight is 267 g/mol. The number of hydrogen-bond acceptors (Lipinski definition) is 3. The Balaban J connectivity index is 1.58. The lowest BCUT2D eigenvalue weighted by molar-refractivity contribution is -0.133. The first-order chi connectivity index (χ1) is 8.74. The van der Waals surface area contributed by atoms with Crippen molar-refractivity contribution in [1.82, 2.24) is 4.90 Å². The third-order valence-electron chi connectivity index (χ3n) is 3.41. The molecule has 2 fully saturated rings.